The van der Waals surface area contributed by atoms with Crippen molar-refractivity contribution < 1.29 is 9.53 Å². The first-order valence-corrected chi connectivity index (χ1v) is 5.04. The van der Waals surface area contributed by atoms with Gasteiger partial charge in [-0.05, 0) is 18.6 Å². The number of hydrogen-bond acceptors (Lipinski definition) is 2. The Kier molecular flexibility index (Phi) is 2.76. The summed E-state index contributed by atoms with van der Waals surface area (Å²) in [5, 5.41) is 2.63. The van der Waals surface area contributed by atoms with Crippen molar-refractivity contribution in [3.63, 3.8) is 0 Å². The molecule has 1 heterocycles. The van der Waals surface area contributed by atoms with E-state index in [2.05, 4.69) is 5.32 Å². The molecule has 1 N–H and O–H groups in total. The maximum atomic E-state index is 11.6. The highest BCUT2D eigenvalue weighted by Crippen LogP contribution is 2.30. The zero-order valence-corrected chi connectivity index (χ0v) is 8.69. The van der Waals surface area contributed by atoms with Gasteiger partial charge < -0.3 is 10.1 Å². The van der Waals surface area contributed by atoms with Gasteiger partial charge in [-0.3, -0.25) is 4.90 Å². The Balaban J connectivity index is 2.37. The molecule has 15 heavy (non-hydrogen) atoms. The lowest BCUT2D eigenvalue weighted by Crippen LogP contribution is -2.38. The highest BCUT2D eigenvalue weighted by atomic mass is 16.5. The topological polar surface area (TPSA) is 41.6 Å². The number of ether oxygens (including phenoxy) is 1. The molecule has 1 aliphatic heterocycles. The lowest BCUT2D eigenvalue weighted by atomic mass is 10.2. The minimum atomic E-state index is -0.0899. The molecule has 0 unspecified atom stereocenters. The highest BCUT2D eigenvalue weighted by molar-refractivity contribution is 5.93. The molecule has 1 aromatic rings. The monoisotopic (exact) mass is 206 g/mol. The largest absolute Gasteiger partial charge is 0.491 e. The molecular weight excluding hydrogens is 192 g/mol. The first-order chi connectivity index (χ1) is 7.33. The fourth-order valence-corrected chi connectivity index (χ4v) is 1.67. The van der Waals surface area contributed by atoms with Gasteiger partial charge in [-0.25, -0.2) is 4.79 Å². The molecule has 0 radical (unpaired) electrons. The molecule has 0 saturated heterocycles. The maximum Gasteiger partial charge on any atom is 0.321 e. The van der Waals surface area contributed by atoms with Gasteiger partial charge in [0.2, 0.25) is 0 Å². The Labute approximate surface area is 88.8 Å². The van der Waals surface area contributed by atoms with Crippen molar-refractivity contribution in [2.75, 3.05) is 25.1 Å². The van der Waals surface area contributed by atoms with E-state index in [1.54, 1.807) is 11.9 Å². The van der Waals surface area contributed by atoms with Crippen molar-refractivity contribution in [3.8, 4) is 5.75 Å². The Morgan fingerprint density at radius 1 is 1.47 bits per heavy atom. The Morgan fingerprint density at radius 2 is 2.27 bits per heavy atom. The van der Waals surface area contributed by atoms with Gasteiger partial charge in [0.05, 0.1) is 12.3 Å². The number of fused-ring (bicyclic) bond motifs is 1. The summed E-state index contributed by atoms with van der Waals surface area (Å²) in [5.74, 6) is 0.776. The molecule has 80 valence electrons. The molecule has 0 aromatic heterocycles. The zero-order valence-electron chi connectivity index (χ0n) is 8.69. The van der Waals surface area contributed by atoms with Crippen LogP contribution in [-0.4, -0.2) is 26.2 Å². The number of anilines is 1. The van der Waals surface area contributed by atoms with Crippen LogP contribution in [0.15, 0.2) is 24.3 Å². The normalized spacial score (nSPS) is 14.9. The number of carbonyl (C=O) groups is 1. The molecule has 0 spiro atoms. The minimum absolute atomic E-state index is 0.0899. The quantitative estimate of drug-likeness (QED) is 0.700. The van der Waals surface area contributed by atoms with Crippen LogP contribution in [0.4, 0.5) is 10.5 Å². The van der Waals surface area contributed by atoms with E-state index >= 15 is 0 Å². The highest BCUT2D eigenvalue weighted by Gasteiger charge is 2.20. The summed E-state index contributed by atoms with van der Waals surface area (Å²) >= 11 is 0. The molecule has 2 amide bonds. The number of nitrogens with zero attached hydrogens (tertiary/aromatic N) is 1. The number of nitrogens with one attached hydrogen (secondary N) is 1. The third-order valence-corrected chi connectivity index (χ3v) is 2.40. The van der Waals surface area contributed by atoms with Crippen LogP contribution in [0.3, 0.4) is 0 Å². The van der Waals surface area contributed by atoms with Crippen molar-refractivity contribution in [2.24, 2.45) is 0 Å². The second-order valence-electron chi connectivity index (χ2n) is 3.38. The average Bonchev–Trinajstić information content (AvgIpc) is 2.50. The average molecular weight is 206 g/mol. The van der Waals surface area contributed by atoms with Gasteiger partial charge in [-0.15, -0.1) is 0 Å². The molecule has 0 atom stereocenters. The van der Waals surface area contributed by atoms with Crippen molar-refractivity contribution in [2.45, 2.75) is 6.42 Å². The number of rotatable bonds is 0. The molecule has 2 rings (SSSR count). The lowest BCUT2D eigenvalue weighted by molar-refractivity contribution is 0.248. The Morgan fingerprint density at radius 3 is 3.07 bits per heavy atom. The molecule has 0 bridgehead atoms. The summed E-state index contributed by atoms with van der Waals surface area (Å²) in [5.41, 5.74) is 0.842. The number of benzene rings is 1. The molecule has 4 nitrogen and oxygen atoms in total. The van der Waals surface area contributed by atoms with Crippen LogP contribution in [0.2, 0.25) is 0 Å². The van der Waals surface area contributed by atoms with E-state index in [0.717, 1.165) is 17.9 Å². The molecular formula is C11H14N2O2. The Bertz CT molecular complexity index is 365. The van der Waals surface area contributed by atoms with Crippen molar-refractivity contribution >= 4 is 11.7 Å². The second-order valence-corrected chi connectivity index (χ2v) is 3.38. The summed E-state index contributed by atoms with van der Waals surface area (Å²) in [6.07, 6.45) is 0.849. The van der Waals surface area contributed by atoms with E-state index in [9.17, 15) is 4.79 Å². The minimum Gasteiger partial charge on any atom is -0.491 e. The van der Waals surface area contributed by atoms with Crippen molar-refractivity contribution in [1.82, 2.24) is 5.32 Å². The van der Waals surface area contributed by atoms with Crippen LogP contribution in [0.1, 0.15) is 6.42 Å². The van der Waals surface area contributed by atoms with Gasteiger partial charge in [-0.1, -0.05) is 12.1 Å². The molecule has 0 fully saturated rings. The van der Waals surface area contributed by atoms with E-state index < -0.39 is 0 Å². The third-order valence-electron chi connectivity index (χ3n) is 2.40. The van der Waals surface area contributed by atoms with Crippen LogP contribution >= 0.6 is 0 Å². The van der Waals surface area contributed by atoms with E-state index in [4.69, 9.17) is 4.74 Å². The summed E-state index contributed by atoms with van der Waals surface area (Å²) in [4.78, 5) is 13.4. The van der Waals surface area contributed by atoms with Gasteiger partial charge >= 0.3 is 6.03 Å². The smallest absolute Gasteiger partial charge is 0.321 e. The summed E-state index contributed by atoms with van der Waals surface area (Å²) in [6.45, 7) is 1.35. The van der Waals surface area contributed by atoms with E-state index in [-0.39, 0.29) is 6.03 Å². The number of hydrogen-bond donors (Lipinski definition) is 1. The predicted octanol–water partition coefficient (Wildman–Crippen LogP) is 1.61. The molecule has 4 heteroatoms. The van der Waals surface area contributed by atoms with Crippen LogP contribution in [0.25, 0.3) is 0 Å². The molecule has 1 aromatic carbocycles. The van der Waals surface area contributed by atoms with Crippen LogP contribution < -0.4 is 15.0 Å². The number of carbonyl (C=O) groups excluding carboxylic acids is 1. The fraction of sp³-hybridized carbons (Fsp3) is 0.364. The molecule has 0 saturated carbocycles. The first kappa shape index (κ1) is 9.83. The summed E-state index contributed by atoms with van der Waals surface area (Å²) in [6, 6.07) is 7.51. The fourth-order valence-electron chi connectivity index (χ4n) is 1.67. The van der Waals surface area contributed by atoms with Crippen LogP contribution in [-0.2, 0) is 0 Å². The molecule has 0 aliphatic carbocycles. The van der Waals surface area contributed by atoms with E-state index in [1.807, 2.05) is 24.3 Å². The first-order valence-electron chi connectivity index (χ1n) is 5.04. The van der Waals surface area contributed by atoms with Gasteiger partial charge in [0.1, 0.15) is 5.75 Å². The standard InChI is InChI=1S/C11H14N2O2/c1-12-11(14)13-7-4-8-15-10-6-3-2-5-9(10)13/h2-3,5-6H,4,7-8H2,1H3,(H,12,14). The number of amides is 2. The van der Waals surface area contributed by atoms with Gasteiger partial charge in [0.25, 0.3) is 0 Å². The van der Waals surface area contributed by atoms with Gasteiger partial charge in [0.15, 0.2) is 0 Å². The Hall–Kier alpha value is -1.71. The SMILES string of the molecule is CNC(=O)N1CCCOc2ccccc21. The van der Waals surface area contributed by atoms with Crippen LogP contribution in [0, 0.1) is 0 Å². The maximum absolute atomic E-state index is 11.6. The number of urea groups is 1. The van der Waals surface area contributed by atoms with E-state index in [1.165, 1.54) is 0 Å². The summed E-state index contributed by atoms with van der Waals surface area (Å²) in [7, 11) is 1.64. The molecule has 1 aliphatic rings. The van der Waals surface area contributed by atoms with Gasteiger partial charge in [-0.2, -0.15) is 0 Å². The summed E-state index contributed by atoms with van der Waals surface area (Å²) < 4.78 is 5.55. The van der Waals surface area contributed by atoms with Crippen molar-refractivity contribution in [3.05, 3.63) is 24.3 Å². The van der Waals surface area contributed by atoms with E-state index in [0.29, 0.717) is 13.2 Å². The third kappa shape index (κ3) is 1.88. The predicted molar refractivity (Wildman–Crippen MR) is 58.4 cm³/mol. The second kappa shape index (κ2) is 4.21. The number of para-hydroxylation sites is 2. The lowest BCUT2D eigenvalue weighted by Gasteiger charge is -2.20. The van der Waals surface area contributed by atoms with Crippen LogP contribution in [0.5, 0.6) is 5.75 Å². The van der Waals surface area contributed by atoms with Gasteiger partial charge in [0, 0.05) is 13.6 Å². The van der Waals surface area contributed by atoms with Crippen molar-refractivity contribution in [1.29, 1.82) is 0 Å². The zero-order chi connectivity index (χ0) is 10.7.